The minimum absolute atomic E-state index is 0.0629. The molecule has 0 saturated carbocycles. The molecule has 0 unspecified atom stereocenters. The summed E-state index contributed by atoms with van der Waals surface area (Å²) in [4.78, 5) is 14.1. The van der Waals surface area contributed by atoms with Crippen LogP contribution in [0.1, 0.15) is 16.7 Å². The molecule has 5 heteroatoms. The lowest BCUT2D eigenvalue weighted by Gasteiger charge is -2.21. The largest absolute Gasteiger partial charge is 0.483 e. The van der Waals surface area contributed by atoms with E-state index in [2.05, 4.69) is 12.6 Å². The predicted molar refractivity (Wildman–Crippen MR) is 98.5 cm³/mol. The number of halogens is 1. The SMILES string of the molecule is C=CCN(Cc1ccc(C#N)cc1)C(=O)COc1ccc(Cl)cc1C. The van der Waals surface area contributed by atoms with Gasteiger partial charge in [-0.2, -0.15) is 5.26 Å². The molecule has 0 N–H and O–H groups in total. The molecule has 1 amide bonds. The zero-order valence-electron chi connectivity index (χ0n) is 14.0. The fraction of sp³-hybridized carbons (Fsp3) is 0.200. The average molecular weight is 355 g/mol. The van der Waals surface area contributed by atoms with Crippen LogP contribution in [0.25, 0.3) is 0 Å². The molecule has 4 nitrogen and oxygen atoms in total. The van der Waals surface area contributed by atoms with Gasteiger partial charge >= 0.3 is 0 Å². The highest BCUT2D eigenvalue weighted by atomic mass is 35.5. The molecule has 0 aliphatic rings. The number of carbonyl (C=O) groups excluding carboxylic acids is 1. The zero-order chi connectivity index (χ0) is 18.2. The second kappa shape index (κ2) is 8.91. The fourth-order valence-electron chi connectivity index (χ4n) is 2.32. The summed E-state index contributed by atoms with van der Waals surface area (Å²) in [5, 5.41) is 9.48. The first-order valence-corrected chi connectivity index (χ1v) is 8.18. The molecule has 0 bridgehead atoms. The van der Waals surface area contributed by atoms with Crippen LogP contribution in [0.5, 0.6) is 5.75 Å². The van der Waals surface area contributed by atoms with Gasteiger partial charge in [0.05, 0.1) is 11.6 Å². The summed E-state index contributed by atoms with van der Waals surface area (Å²) < 4.78 is 5.63. The van der Waals surface area contributed by atoms with E-state index in [4.69, 9.17) is 21.6 Å². The lowest BCUT2D eigenvalue weighted by Crippen LogP contribution is -2.34. The summed E-state index contributed by atoms with van der Waals surface area (Å²) in [7, 11) is 0. The summed E-state index contributed by atoms with van der Waals surface area (Å²) in [5.74, 6) is 0.494. The van der Waals surface area contributed by atoms with Gasteiger partial charge in [0.2, 0.25) is 0 Å². The molecule has 25 heavy (non-hydrogen) atoms. The molecule has 0 radical (unpaired) electrons. The third-order valence-electron chi connectivity index (χ3n) is 3.65. The lowest BCUT2D eigenvalue weighted by atomic mass is 10.1. The third kappa shape index (κ3) is 5.37. The highest BCUT2D eigenvalue weighted by molar-refractivity contribution is 6.30. The van der Waals surface area contributed by atoms with Crippen LogP contribution in [-0.4, -0.2) is 24.0 Å². The highest BCUT2D eigenvalue weighted by Crippen LogP contribution is 2.21. The van der Waals surface area contributed by atoms with Crippen LogP contribution in [-0.2, 0) is 11.3 Å². The maximum absolute atomic E-state index is 12.5. The maximum atomic E-state index is 12.5. The Bertz CT molecular complexity index is 794. The van der Waals surface area contributed by atoms with E-state index in [0.29, 0.717) is 29.4 Å². The van der Waals surface area contributed by atoms with Crippen LogP contribution in [0.2, 0.25) is 5.02 Å². The molecule has 128 valence electrons. The Labute approximate surface area is 152 Å². The summed E-state index contributed by atoms with van der Waals surface area (Å²) >= 11 is 5.92. The number of rotatable bonds is 7. The molecule has 0 atom stereocenters. The second-order valence-corrected chi connectivity index (χ2v) is 6.01. The van der Waals surface area contributed by atoms with Gasteiger partial charge < -0.3 is 9.64 Å². The molecule has 0 aliphatic carbocycles. The molecule has 0 spiro atoms. The first kappa shape index (κ1) is 18.6. The van der Waals surface area contributed by atoms with E-state index in [1.54, 1.807) is 41.3 Å². The van der Waals surface area contributed by atoms with Crippen molar-refractivity contribution >= 4 is 17.5 Å². The van der Waals surface area contributed by atoms with Crippen LogP contribution in [0.15, 0.2) is 55.1 Å². The first-order valence-electron chi connectivity index (χ1n) is 7.80. The van der Waals surface area contributed by atoms with Crippen LogP contribution in [0.3, 0.4) is 0 Å². The van der Waals surface area contributed by atoms with Gasteiger partial charge in [-0.15, -0.1) is 6.58 Å². The van der Waals surface area contributed by atoms with Gasteiger partial charge in [-0.3, -0.25) is 4.79 Å². The number of ether oxygens (including phenoxy) is 1. The minimum atomic E-state index is -0.140. The van der Waals surface area contributed by atoms with E-state index >= 15 is 0 Å². The van der Waals surface area contributed by atoms with Crippen molar-refractivity contribution in [2.24, 2.45) is 0 Å². The fourth-order valence-corrected chi connectivity index (χ4v) is 2.55. The molecule has 0 fully saturated rings. The Morgan fingerprint density at radius 3 is 2.64 bits per heavy atom. The second-order valence-electron chi connectivity index (χ2n) is 5.57. The number of nitrogens with zero attached hydrogens (tertiary/aromatic N) is 2. The number of hydrogen-bond donors (Lipinski definition) is 0. The number of carbonyl (C=O) groups is 1. The van der Waals surface area contributed by atoms with E-state index in [1.165, 1.54) is 0 Å². The van der Waals surface area contributed by atoms with Gasteiger partial charge in [0, 0.05) is 18.1 Å². The van der Waals surface area contributed by atoms with Crippen molar-refractivity contribution in [3.8, 4) is 11.8 Å². The molecule has 2 aromatic rings. The molecule has 2 aromatic carbocycles. The molecule has 0 saturated heterocycles. The molecule has 0 heterocycles. The van der Waals surface area contributed by atoms with E-state index in [9.17, 15) is 4.79 Å². The Morgan fingerprint density at radius 2 is 2.04 bits per heavy atom. The van der Waals surface area contributed by atoms with Gasteiger partial charge in [-0.05, 0) is 48.4 Å². The monoisotopic (exact) mass is 354 g/mol. The molecular weight excluding hydrogens is 336 g/mol. The van der Waals surface area contributed by atoms with Crippen molar-refractivity contribution in [2.75, 3.05) is 13.2 Å². The van der Waals surface area contributed by atoms with Crippen LogP contribution < -0.4 is 4.74 Å². The van der Waals surface area contributed by atoms with Gasteiger partial charge in [-0.25, -0.2) is 0 Å². The average Bonchev–Trinajstić information content (AvgIpc) is 2.61. The van der Waals surface area contributed by atoms with Gasteiger partial charge in [0.25, 0.3) is 5.91 Å². The normalized spacial score (nSPS) is 9.96. The Balaban J connectivity index is 2.01. The van der Waals surface area contributed by atoms with Crippen molar-refractivity contribution in [1.82, 2.24) is 4.90 Å². The van der Waals surface area contributed by atoms with Crippen molar-refractivity contribution in [3.05, 3.63) is 76.8 Å². The standard InChI is InChI=1S/C20H19ClN2O2/c1-3-10-23(13-17-6-4-16(12-22)5-7-17)20(24)14-25-19-9-8-18(21)11-15(19)2/h3-9,11H,1,10,13-14H2,2H3. The highest BCUT2D eigenvalue weighted by Gasteiger charge is 2.14. The van der Waals surface area contributed by atoms with Crippen LogP contribution in [0, 0.1) is 18.3 Å². The molecule has 0 aromatic heterocycles. The van der Waals surface area contributed by atoms with Crippen molar-refractivity contribution in [3.63, 3.8) is 0 Å². The van der Waals surface area contributed by atoms with Crippen LogP contribution >= 0.6 is 11.6 Å². The van der Waals surface area contributed by atoms with E-state index < -0.39 is 0 Å². The number of nitriles is 1. The van der Waals surface area contributed by atoms with Crippen LogP contribution in [0.4, 0.5) is 0 Å². The summed E-state index contributed by atoms with van der Waals surface area (Å²) in [6.45, 7) is 6.37. The summed E-state index contributed by atoms with van der Waals surface area (Å²) in [5.41, 5.74) is 2.41. The van der Waals surface area contributed by atoms with E-state index in [0.717, 1.165) is 11.1 Å². The lowest BCUT2D eigenvalue weighted by molar-refractivity contribution is -0.133. The number of aryl methyl sites for hydroxylation is 1. The molecule has 0 aliphatic heterocycles. The van der Waals surface area contributed by atoms with Crippen molar-refractivity contribution in [2.45, 2.75) is 13.5 Å². The topological polar surface area (TPSA) is 53.3 Å². The predicted octanol–water partition coefficient (Wildman–Crippen LogP) is 4.11. The Kier molecular flexibility index (Phi) is 6.62. The Morgan fingerprint density at radius 1 is 1.32 bits per heavy atom. The van der Waals surface area contributed by atoms with E-state index in [-0.39, 0.29) is 12.5 Å². The quantitative estimate of drug-likeness (QED) is 0.703. The van der Waals surface area contributed by atoms with Crippen molar-refractivity contribution < 1.29 is 9.53 Å². The van der Waals surface area contributed by atoms with E-state index in [1.807, 2.05) is 19.1 Å². The smallest absolute Gasteiger partial charge is 0.261 e. The van der Waals surface area contributed by atoms with Crippen molar-refractivity contribution in [1.29, 1.82) is 5.26 Å². The summed E-state index contributed by atoms with van der Waals surface area (Å²) in [6.07, 6.45) is 1.68. The molecular formula is C20H19ClN2O2. The number of benzene rings is 2. The minimum Gasteiger partial charge on any atom is -0.483 e. The summed E-state index contributed by atoms with van der Waals surface area (Å²) in [6, 6.07) is 14.5. The number of amides is 1. The maximum Gasteiger partial charge on any atom is 0.261 e. The first-order chi connectivity index (χ1) is 12.0. The third-order valence-corrected chi connectivity index (χ3v) is 3.88. The van der Waals surface area contributed by atoms with Gasteiger partial charge in [0.1, 0.15) is 5.75 Å². The zero-order valence-corrected chi connectivity index (χ0v) is 14.8. The molecule has 2 rings (SSSR count). The van der Waals surface area contributed by atoms with Gasteiger partial charge in [0.15, 0.2) is 6.61 Å². The Hall–Kier alpha value is -2.77. The number of hydrogen-bond acceptors (Lipinski definition) is 3. The van der Waals surface area contributed by atoms with Gasteiger partial charge in [-0.1, -0.05) is 29.8 Å².